The number of rotatable bonds is 1. The standard InChI is InChI=1S/C36H21N2OS/c1-5-17-30-23(10-1)34-31(39-30)20-19-27-33(34)24-12-8-15-28-35(24)38(27)26-14-4-3-13-25(26)37(28)29-16-7-11-22-21-9-2-6-18-32(21)40-36(22)29/h1-20,26H/q+1. The molecule has 1 aliphatic carbocycles. The number of hydrogen-bond donors (Lipinski definition) is 0. The van der Waals surface area contributed by atoms with E-state index in [-0.39, 0.29) is 6.04 Å². The summed E-state index contributed by atoms with van der Waals surface area (Å²) in [5, 5.41) is 7.54. The maximum Gasteiger partial charge on any atom is 0.236 e. The molecule has 1 unspecified atom stereocenters. The maximum absolute atomic E-state index is 6.32. The fourth-order valence-corrected chi connectivity index (χ4v) is 8.32. The Morgan fingerprint density at radius 3 is 2.40 bits per heavy atom. The van der Waals surface area contributed by atoms with Crippen LogP contribution in [-0.4, -0.2) is 10.3 Å². The molecule has 1 atom stereocenters. The monoisotopic (exact) mass is 529 g/mol. The van der Waals surface area contributed by atoms with E-state index in [2.05, 4.69) is 124 Å². The van der Waals surface area contributed by atoms with Crippen LogP contribution >= 0.6 is 11.3 Å². The van der Waals surface area contributed by atoms with Gasteiger partial charge in [0.2, 0.25) is 17.1 Å². The summed E-state index contributed by atoms with van der Waals surface area (Å²) in [4.78, 5) is 0. The van der Waals surface area contributed by atoms with Crippen LogP contribution in [0.3, 0.4) is 0 Å². The van der Waals surface area contributed by atoms with Gasteiger partial charge >= 0.3 is 0 Å². The van der Waals surface area contributed by atoms with Crippen LogP contribution in [-0.2, 0) is 0 Å². The van der Waals surface area contributed by atoms with E-state index in [1.807, 2.05) is 17.4 Å². The van der Waals surface area contributed by atoms with Gasteiger partial charge in [0.15, 0.2) is 0 Å². The summed E-state index contributed by atoms with van der Waals surface area (Å²) in [5.74, 6) is 0. The van der Waals surface area contributed by atoms with Gasteiger partial charge in [-0.05, 0) is 24.3 Å². The van der Waals surface area contributed by atoms with Gasteiger partial charge in [0.25, 0.3) is 0 Å². The number of allylic oxidation sites excluding steroid dienone is 4. The molecule has 5 aromatic carbocycles. The molecule has 0 fully saturated rings. The number of nitrogens with zero attached hydrogens (tertiary/aromatic N) is 2. The first kappa shape index (κ1) is 21.0. The zero-order valence-electron chi connectivity index (χ0n) is 21.3. The molecule has 8 aromatic rings. The highest BCUT2D eigenvalue weighted by Gasteiger charge is 2.38. The molecule has 40 heavy (non-hydrogen) atoms. The lowest BCUT2D eigenvalue weighted by molar-refractivity contribution is 0.669. The molecule has 0 saturated heterocycles. The molecule has 4 heteroatoms. The lowest BCUT2D eigenvalue weighted by Gasteiger charge is -2.24. The molecule has 3 nitrogen and oxygen atoms in total. The van der Waals surface area contributed by atoms with E-state index in [1.165, 1.54) is 69.8 Å². The Labute approximate surface area is 232 Å². The van der Waals surface area contributed by atoms with Crippen LogP contribution in [0.25, 0.3) is 63.9 Å². The van der Waals surface area contributed by atoms with E-state index in [0.717, 1.165) is 11.2 Å². The summed E-state index contributed by atoms with van der Waals surface area (Å²) in [6.45, 7) is 0. The summed E-state index contributed by atoms with van der Waals surface area (Å²) in [7, 11) is 0. The quantitative estimate of drug-likeness (QED) is 0.194. The molecule has 0 spiro atoms. The average molecular weight is 530 g/mol. The first-order chi connectivity index (χ1) is 19.9. The minimum Gasteiger partial charge on any atom is -0.456 e. The summed E-state index contributed by atoms with van der Waals surface area (Å²) in [5.41, 5.74) is 8.09. The SMILES string of the molecule is C1=CC2=[N+](c3cccc4c3sc3ccccc34)c3cccc4c5c6c(ccc5n(c34)C2C=C1)oc1ccccc16. The van der Waals surface area contributed by atoms with Crippen LogP contribution in [0.4, 0.5) is 11.4 Å². The molecule has 1 aliphatic heterocycles. The molecule has 10 rings (SSSR count). The van der Waals surface area contributed by atoms with Crippen molar-refractivity contribution in [2.45, 2.75) is 6.04 Å². The second kappa shape index (κ2) is 7.38. The van der Waals surface area contributed by atoms with Gasteiger partial charge in [0.1, 0.15) is 27.4 Å². The molecule has 0 saturated carbocycles. The second-order valence-corrected chi connectivity index (χ2v) is 11.7. The van der Waals surface area contributed by atoms with Crippen molar-refractivity contribution in [2.24, 2.45) is 0 Å². The van der Waals surface area contributed by atoms with Crippen molar-refractivity contribution in [1.82, 2.24) is 9.14 Å². The lowest BCUT2D eigenvalue weighted by Crippen LogP contribution is -2.30. The van der Waals surface area contributed by atoms with Crippen molar-refractivity contribution in [3.8, 4) is 0 Å². The third-order valence-electron chi connectivity index (χ3n) is 8.68. The van der Waals surface area contributed by atoms with Gasteiger partial charge < -0.3 is 8.98 Å². The summed E-state index contributed by atoms with van der Waals surface area (Å²) in [6, 6.07) is 35.2. The molecule has 0 radical (unpaired) electrons. The predicted molar refractivity (Wildman–Crippen MR) is 170 cm³/mol. The third-order valence-corrected chi connectivity index (χ3v) is 9.89. The van der Waals surface area contributed by atoms with Crippen molar-refractivity contribution < 1.29 is 4.42 Å². The van der Waals surface area contributed by atoms with Crippen molar-refractivity contribution >= 4 is 92.3 Å². The predicted octanol–water partition coefficient (Wildman–Crippen LogP) is 10.0. The first-order valence-electron chi connectivity index (χ1n) is 13.7. The smallest absolute Gasteiger partial charge is 0.236 e. The Balaban J connectivity index is 1.39. The normalized spacial score (nSPS) is 16.4. The highest BCUT2D eigenvalue weighted by atomic mass is 32.1. The Hall–Kier alpha value is -4.93. The number of benzene rings is 5. The van der Waals surface area contributed by atoms with Crippen LogP contribution in [0.5, 0.6) is 0 Å². The highest BCUT2D eigenvalue weighted by molar-refractivity contribution is 7.26. The lowest BCUT2D eigenvalue weighted by atomic mass is 10.0. The van der Waals surface area contributed by atoms with E-state index in [1.54, 1.807) is 0 Å². The number of para-hydroxylation sites is 2. The van der Waals surface area contributed by atoms with Crippen LogP contribution in [0, 0.1) is 0 Å². The van der Waals surface area contributed by atoms with Gasteiger partial charge in [-0.2, -0.15) is 4.58 Å². The van der Waals surface area contributed by atoms with Gasteiger partial charge in [-0.3, -0.25) is 0 Å². The molecule has 3 aromatic heterocycles. The Morgan fingerprint density at radius 1 is 0.650 bits per heavy atom. The summed E-state index contributed by atoms with van der Waals surface area (Å²) in [6.07, 6.45) is 8.97. The molecule has 0 amide bonds. The van der Waals surface area contributed by atoms with E-state index < -0.39 is 0 Å². The van der Waals surface area contributed by atoms with Gasteiger partial charge in [0, 0.05) is 55.2 Å². The molecule has 186 valence electrons. The molecule has 0 N–H and O–H groups in total. The van der Waals surface area contributed by atoms with E-state index in [9.17, 15) is 0 Å². The zero-order valence-corrected chi connectivity index (χ0v) is 22.2. The van der Waals surface area contributed by atoms with E-state index in [4.69, 9.17) is 4.42 Å². The Morgan fingerprint density at radius 2 is 1.45 bits per heavy atom. The Bertz CT molecular complexity index is 2500. The molecule has 0 bridgehead atoms. The minimum absolute atomic E-state index is 0.0835. The molecular formula is C36H21N2OS+. The highest BCUT2D eigenvalue weighted by Crippen LogP contribution is 2.48. The van der Waals surface area contributed by atoms with Crippen molar-refractivity contribution in [2.75, 3.05) is 0 Å². The fourth-order valence-electron chi connectivity index (χ4n) is 7.12. The van der Waals surface area contributed by atoms with Crippen molar-refractivity contribution in [1.29, 1.82) is 0 Å². The number of thiophene rings is 1. The first-order valence-corrected chi connectivity index (χ1v) is 14.5. The summed E-state index contributed by atoms with van der Waals surface area (Å²) >= 11 is 1.89. The number of hydrogen-bond acceptors (Lipinski definition) is 2. The van der Waals surface area contributed by atoms with Gasteiger partial charge in [-0.1, -0.05) is 78.9 Å². The van der Waals surface area contributed by atoms with E-state index in [0.29, 0.717) is 0 Å². The minimum atomic E-state index is 0.0835. The van der Waals surface area contributed by atoms with Crippen LogP contribution < -0.4 is 4.58 Å². The van der Waals surface area contributed by atoms with Crippen LogP contribution in [0.1, 0.15) is 6.04 Å². The van der Waals surface area contributed by atoms with E-state index >= 15 is 0 Å². The average Bonchev–Trinajstić information content (AvgIpc) is 3.68. The van der Waals surface area contributed by atoms with Gasteiger partial charge in [-0.25, -0.2) is 0 Å². The Kier molecular flexibility index (Phi) is 3.87. The van der Waals surface area contributed by atoms with Crippen molar-refractivity contribution in [3.63, 3.8) is 0 Å². The maximum atomic E-state index is 6.32. The van der Waals surface area contributed by atoms with Crippen molar-refractivity contribution in [3.05, 3.63) is 121 Å². The van der Waals surface area contributed by atoms with Gasteiger partial charge in [0.05, 0.1) is 5.52 Å². The molecule has 2 aliphatic rings. The summed E-state index contributed by atoms with van der Waals surface area (Å²) < 4.78 is 14.0. The van der Waals surface area contributed by atoms with Crippen LogP contribution in [0.15, 0.2) is 126 Å². The largest absolute Gasteiger partial charge is 0.456 e. The third kappa shape index (κ3) is 2.48. The van der Waals surface area contributed by atoms with Gasteiger partial charge in [-0.15, -0.1) is 11.3 Å². The second-order valence-electron chi connectivity index (χ2n) is 10.7. The van der Waals surface area contributed by atoms with Crippen LogP contribution in [0.2, 0.25) is 0 Å². The number of aromatic nitrogens is 1. The fraction of sp³-hybridized carbons (Fsp3) is 0.0278. The number of fused-ring (bicyclic) bond motifs is 12. The molecular weight excluding hydrogens is 508 g/mol. The number of furan rings is 1. The topological polar surface area (TPSA) is 21.1 Å². The zero-order chi connectivity index (χ0) is 25.9. The molecule has 4 heterocycles.